The van der Waals surface area contributed by atoms with Crippen LogP contribution in [0.25, 0.3) is 0 Å². The molecule has 0 aliphatic carbocycles. The molecule has 118 valence electrons. The number of benzene rings is 1. The summed E-state index contributed by atoms with van der Waals surface area (Å²) in [5.41, 5.74) is 2.35. The van der Waals surface area contributed by atoms with Gasteiger partial charge >= 0.3 is 0 Å². The zero-order valence-corrected chi connectivity index (χ0v) is 13.7. The molecule has 0 aromatic heterocycles. The van der Waals surface area contributed by atoms with Crippen molar-refractivity contribution in [3.63, 3.8) is 0 Å². The molecule has 1 aromatic rings. The summed E-state index contributed by atoms with van der Waals surface area (Å²) in [6.07, 6.45) is -0.0422. The molecule has 0 amide bonds. The molecule has 2 atom stereocenters. The van der Waals surface area contributed by atoms with E-state index in [-0.39, 0.29) is 18.8 Å². The zero-order chi connectivity index (χ0) is 15.4. The molecule has 1 aliphatic rings. The fourth-order valence-corrected chi connectivity index (χ4v) is 2.80. The average molecular weight is 313 g/mol. The molecule has 1 heterocycles. The number of nitrogens with zero attached hydrogens (tertiary/aromatic N) is 1. The van der Waals surface area contributed by atoms with Crippen LogP contribution in [0.2, 0.25) is 5.02 Å². The maximum atomic E-state index is 9.38. The third-order valence-corrected chi connectivity index (χ3v) is 3.85. The maximum absolute atomic E-state index is 9.38. The number of hydrogen-bond donors (Lipinski definition) is 2. The van der Waals surface area contributed by atoms with Crippen molar-refractivity contribution >= 4 is 17.3 Å². The second-order valence-electron chi connectivity index (χ2n) is 5.96. The second-order valence-corrected chi connectivity index (χ2v) is 6.40. The molecule has 2 unspecified atom stereocenters. The van der Waals surface area contributed by atoms with Crippen LogP contribution in [0, 0.1) is 0 Å². The molecule has 2 rings (SSSR count). The maximum Gasteiger partial charge on any atom is 0.0984 e. The van der Waals surface area contributed by atoms with Gasteiger partial charge in [0.05, 0.1) is 18.8 Å². The summed E-state index contributed by atoms with van der Waals surface area (Å²) in [6, 6.07) is 6.43. The predicted octanol–water partition coefficient (Wildman–Crippen LogP) is 2.42. The van der Waals surface area contributed by atoms with Crippen LogP contribution in [0.3, 0.4) is 0 Å². The summed E-state index contributed by atoms with van der Waals surface area (Å²) in [4.78, 5) is 2.26. The van der Waals surface area contributed by atoms with Gasteiger partial charge in [-0.3, -0.25) is 0 Å². The first-order valence-electron chi connectivity index (χ1n) is 7.52. The number of morpholine rings is 1. The molecule has 0 spiro atoms. The molecule has 1 fully saturated rings. The highest BCUT2D eigenvalue weighted by Gasteiger charge is 2.26. The first-order valence-corrected chi connectivity index (χ1v) is 7.90. The van der Waals surface area contributed by atoms with E-state index in [4.69, 9.17) is 16.3 Å². The van der Waals surface area contributed by atoms with Crippen molar-refractivity contribution in [3.8, 4) is 0 Å². The van der Waals surface area contributed by atoms with E-state index < -0.39 is 0 Å². The molecule has 0 bridgehead atoms. The lowest BCUT2D eigenvalue weighted by atomic mass is 10.1. The van der Waals surface area contributed by atoms with Gasteiger partial charge in [-0.1, -0.05) is 31.5 Å². The van der Waals surface area contributed by atoms with E-state index >= 15 is 0 Å². The van der Waals surface area contributed by atoms with Gasteiger partial charge < -0.3 is 20.1 Å². The first kappa shape index (κ1) is 16.6. The van der Waals surface area contributed by atoms with Gasteiger partial charge in [0.2, 0.25) is 0 Å². The summed E-state index contributed by atoms with van der Waals surface area (Å²) >= 11 is 6.18. The molecule has 4 nitrogen and oxygen atoms in total. The Bertz CT molecular complexity index is 468. The van der Waals surface area contributed by atoms with Gasteiger partial charge in [0.1, 0.15) is 0 Å². The fourth-order valence-electron chi connectivity index (χ4n) is 2.64. The molecule has 1 aromatic carbocycles. The van der Waals surface area contributed by atoms with Gasteiger partial charge in [-0.05, 0) is 24.6 Å². The second kappa shape index (κ2) is 7.45. The van der Waals surface area contributed by atoms with Crippen molar-refractivity contribution in [2.45, 2.75) is 45.6 Å². The van der Waals surface area contributed by atoms with Crippen LogP contribution in [0.1, 0.15) is 26.3 Å². The van der Waals surface area contributed by atoms with Crippen LogP contribution < -0.4 is 10.2 Å². The monoisotopic (exact) mass is 312 g/mol. The Balaban J connectivity index is 2.21. The Morgan fingerprint density at radius 3 is 2.86 bits per heavy atom. The highest BCUT2D eigenvalue weighted by Crippen LogP contribution is 2.28. The lowest BCUT2D eigenvalue weighted by molar-refractivity contribution is -0.0421. The van der Waals surface area contributed by atoms with E-state index in [9.17, 15) is 5.11 Å². The average Bonchev–Trinajstić information content (AvgIpc) is 2.45. The van der Waals surface area contributed by atoms with E-state index in [2.05, 4.69) is 30.1 Å². The lowest BCUT2D eigenvalue weighted by Crippen LogP contribution is -2.48. The van der Waals surface area contributed by atoms with Crippen LogP contribution >= 0.6 is 11.6 Å². The van der Waals surface area contributed by atoms with Gasteiger partial charge in [-0.15, -0.1) is 0 Å². The molecular formula is C16H25ClN2O2. The highest BCUT2D eigenvalue weighted by atomic mass is 35.5. The number of ether oxygens (including phenoxy) is 1. The topological polar surface area (TPSA) is 44.7 Å². The van der Waals surface area contributed by atoms with Crippen LogP contribution in [0.5, 0.6) is 0 Å². The fraction of sp³-hybridized carbons (Fsp3) is 0.625. The van der Waals surface area contributed by atoms with Gasteiger partial charge in [0.25, 0.3) is 0 Å². The lowest BCUT2D eigenvalue weighted by Gasteiger charge is -2.38. The van der Waals surface area contributed by atoms with E-state index in [1.54, 1.807) is 0 Å². The van der Waals surface area contributed by atoms with Crippen molar-refractivity contribution in [2.24, 2.45) is 0 Å². The smallest absolute Gasteiger partial charge is 0.0984 e. The van der Waals surface area contributed by atoms with E-state index in [0.29, 0.717) is 12.6 Å². The molecule has 1 aliphatic heterocycles. The third-order valence-electron chi connectivity index (χ3n) is 3.62. The molecule has 0 saturated carbocycles. The Morgan fingerprint density at radius 1 is 1.43 bits per heavy atom. The van der Waals surface area contributed by atoms with Crippen LogP contribution in [0.15, 0.2) is 18.2 Å². The summed E-state index contributed by atoms with van der Waals surface area (Å²) < 4.78 is 5.72. The molecule has 1 saturated heterocycles. The Hall–Kier alpha value is -0.810. The molecular weight excluding hydrogens is 288 g/mol. The van der Waals surface area contributed by atoms with Crippen molar-refractivity contribution in [1.82, 2.24) is 5.32 Å². The van der Waals surface area contributed by atoms with Crippen molar-refractivity contribution in [1.29, 1.82) is 0 Å². The first-order chi connectivity index (χ1) is 9.99. The number of nitrogens with one attached hydrogen (secondary N) is 1. The van der Waals surface area contributed by atoms with Crippen LogP contribution in [-0.4, -0.2) is 43.1 Å². The zero-order valence-electron chi connectivity index (χ0n) is 13.0. The number of anilines is 1. The van der Waals surface area contributed by atoms with Crippen LogP contribution in [-0.2, 0) is 11.3 Å². The molecule has 5 heteroatoms. The van der Waals surface area contributed by atoms with Crippen molar-refractivity contribution in [2.75, 3.05) is 24.6 Å². The third kappa shape index (κ3) is 4.58. The van der Waals surface area contributed by atoms with Crippen LogP contribution in [0.4, 0.5) is 5.69 Å². The summed E-state index contributed by atoms with van der Waals surface area (Å²) in [5.74, 6) is 0. The number of rotatable bonds is 5. The van der Waals surface area contributed by atoms with Crippen molar-refractivity contribution in [3.05, 3.63) is 28.8 Å². The minimum absolute atomic E-state index is 0.0426. The van der Waals surface area contributed by atoms with E-state index in [1.165, 1.54) is 5.56 Å². The van der Waals surface area contributed by atoms with Gasteiger partial charge in [-0.25, -0.2) is 0 Å². The summed E-state index contributed by atoms with van der Waals surface area (Å²) in [6.45, 7) is 8.65. The Kier molecular flexibility index (Phi) is 5.88. The summed E-state index contributed by atoms with van der Waals surface area (Å²) in [5, 5.41) is 13.6. The molecule has 2 N–H and O–H groups in total. The Labute approximate surface area is 132 Å². The normalized spacial score (nSPS) is 22.9. The van der Waals surface area contributed by atoms with E-state index in [1.807, 2.05) is 19.1 Å². The SMILES string of the molecule is CC(C)NCc1ccc(Cl)cc1N1CC(C)OC(CO)C1. The number of aliphatic hydroxyl groups is 1. The minimum atomic E-state index is -0.140. The molecule has 21 heavy (non-hydrogen) atoms. The minimum Gasteiger partial charge on any atom is -0.394 e. The Morgan fingerprint density at radius 2 is 2.19 bits per heavy atom. The largest absolute Gasteiger partial charge is 0.394 e. The predicted molar refractivity (Wildman–Crippen MR) is 87.1 cm³/mol. The number of hydrogen-bond acceptors (Lipinski definition) is 4. The standard InChI is InChI=1S/C16H25ClN2O2/c1-11(2)18-7-13-4-5-14(17)6-16(13)19-8-12(3)21-15(9-19)10-20/h4-6,11-12,15,18,20H,7-10H2,1-3H3. The number of aliphatic hydroxyl groups excluding tert-OH is 1. The summed E-state index contributed by atoms with van der Waals surface area (Å²) in [7, 11) is 0. The van der Waals surface area contributed by atoms with Gasteiger partial charge in [-0.2, -0.15) is 0 Å². The highest BCUT2D eigenvalue weighted by molar-refractivity contribution is 6.30. The van der Waals surface area contributed by atoms with E-state index in [0.717, 1.165) is 23.8 Å². The van der Waals surface area contributed by atoms with Crippen molar-refractivity contribution < 1.29 is 9.84 Å². The van der Waals surface area contributed by atoms with Gasteiger partial charge in [0, 0.05) is 36.4 Å². The quantitative estimate of drug-likeness (QED) is 0.876. The van der Waals surface area contributed by atoms with Gasteiger partial charge in [0.15, 0.2) is 0 Å². The number of halogens is 1. The molecule has 0 radical (unpaired) electrons.